The van der Waals surface area contributed by atoms with Crippen molar-refractivity contribution in [3.63, 3.8) is 0 Å². The van der Waals surface area contributed by atoms with Gasteiger partial charge in [0.05, 0.1) is 0 Å². The highest BCUT2D eigenvalue weighted by Gasteiger charge is 2.04. The molecule has 0 atom stereocenters. The molecule has 0 aliphatic heterocycles. The molecule has 17 heavy (non-hydrogen) atoms. The molecule has 2 aromatic rings. The Hall–Kier alpha value is -2.03. The lowest BCUT2D eigenvalue weighted by molar-refractivity contribution is 0.831. The average Bonchev–Trinajstić information content (AvgIpc) is 2.37. The molecular weight excluding hydrogens is 210 g/mol. The van der Waals surface area contributed by atoms with Crippen molar-refractivity contribution in [3.05, 3.63) is 54.4 Å². The van der Waals surface area contributed by atoms with Gasteiger partial charge in [-0.05, 0) is 36.8 Å². The van der Waals surface area contributed by atoms with Gasteiger partial charge in [0.1, 0.15) is 0 Å². The highest BCUT2D eigenvalue weighted by molar-refractivity contribution is 5.47. The lowest BCUT2D eigenvalue weighted by Gasteiger charge is -2.23. The summed E-state index contributed by atoms with van der Waals surface area (Å²) < 4.78 is 0. The number of rotatable bonds is 4. The monoisotopic (exact) mass is 227 g/mol. The second kappa shape index (κ2) is 5.34. The van der Waals surface area contributed by atoms with Crippen molar-refractivity contribution in [1.82, 2.24) is 4.98 Å². The van der Waals surface area contributed by atoms with Crippen molar-refractivity contribution in [2.24, 2.45) is 0 Å². The first kappa shape index (κ1) is 11.5. The fraction of sp³-hybridized carbons (Fsp3) is 0.214. The summed E-state index contributed by atoms with van der Waals surface area (Å²) in [4.78, 5) is 6.32. The molecule has 0 aliphatic carbocycles. The highest BCUT2D eigenvalue weighted by Crippen LogP contribution is 2.16. The lowest BCUT2D eigenvalue weighted by Crippen LogP contribution is -2.21. The van der Waals surface area contributed by atoms with Gasteiger partial charge in [-0.3, -0.25) is 4.98 Å². The van der Waals surface area contributed by atoms with Crippen LogP contribution < -0.4 is 10.6 Å². The van der Waals surface area contributed by atoms with Crippen molar-refractivity contribution in [1.29, 1.82) is 0 Å². The molecule has 3 heteroatoms. The molecule has 0 aliphatic rings. The standard InChI is InChI=1S/C14H17N3/c1-2-17(14-6-8-16-9-7-14)11-12-4-3-5-13(15)10-12/h3-10H,2,11,15H2,1H3. The first-order chi connectivity index (χ1) is 8.29. The molecule has 1 heterocycles. The molecule has 0 bridgehead atoms. The molecule has 88 valence electrons. The Kier molecular flexibility index (Phi) is 3.60. The molecule has 2 rings (SSSR count). The third-order valence-corrected chi connectivity index (χ3v) is 2.73. The van der Waals surface area contributed by atoms with Gasteiger partial charge in [-0.25, -0.2) is 0 Å². The quantitative estimate of drug-likeness (QED) is 0.816. The van der Waals surface area contributed by atoms with E-state index in [1.54, 1.807) is 0 Å². The fourth-order valence-corrected chi connectivity index (χ4v) is 1.85. The molecule has 0 saturated carbocycles. The Morgan fingerprint density at radius 1 is 1.18 bits per heavy atom. The molecule has 1 aromatic heterocycles. The summed E-state index contributed by atoms with van der Waals surface area (Å²) in [6, 6.07) is 12.1. The van der Waals surface area contributed by atoms with Crippen LogP contribution in [0.4, 0.5) is 11.4 Å². The molecular formula is C14H17N3. The van der Waals surface area contributed by atoms with Crippen molar-refractivity contribution in [3.8, 4) is 0 Å². The predicted molar refractivity (Wildman–Crippen MR) is 71.8 cm³/mol. The van der Waals surface area contributed by atoms with E-state index in [1.165, 1.54) is 11.3 Å². The topological polar surface area (TPSA) is 42.1 Å². The van der Waals surface area contributed by atoms with Crippen molar-refractivity contribution in [2.45, 2.75) is 13.5 Å². The van der Waals surface area contributed by atoms with E-state index in [4.69, 9.17) is 5.73 Å². The largest absolute Gasteiger partial charge is 0.399 e. The molecule has 3 nitrogen and oxygen atoms in total. The van der Waals surface area contributed by atoms with Crippen molar-refractivity contribution < 1.29 is 0 Å². The zero-order valence-electron chi connectivity index (χ0n) is 10.0. The minimum Gasteiger partial charge on any atom is -0.399 e. The van der Waals surface area contributed by atoms with Gasteiger partial charge in [0, 0.05) is 36.9 Å². The van der Waals surface area contributed by atoms with Crippen LogP contribution in [-0.4, -0.2) is 11.5 Å². The molecule has 0 unspecified atom stereocenters. The number of nitrogen functional groups attached to an aromatic ring is 1. The van der Waals surface area contributed by atoms with Crippen molar-refractivity contribution in [2.75, 3.05) is 17.2 Å². The zero-order valence-corrected chi connectivity index (χ0v) is 10.0. The van der Waals surface area contributed by atoms with Gasteiger partial charge < -0.3 is 10.6 Å². The van der Waals surface area contributed by atoms with Crippen molar-refractivity contribution >= 4 is 11.4 Å². The zero-order chi connectivity index (χ0) is 12.1. The van der Waals surface area contributed by atoms with Crippen LogP contribution in [0, 0.1) is 0 Å². The second-order valence-electron chi connectivity index (χ2n) is 3.96. The number of benzene rings is 1. The summed E-state index contributed by atoms with van der Waals surface area (Å²) in [7, 11) is 0. The Morgan fingerprint density at radius 3 is 2.59 bits per heavy atom. The SMILES string of the molecule is CCN(Cc1cccc(N)c1)c1ccncc1. The van der Waals surface area contributed by atoms with Crippen LogP contribution in [0.15, 0.2) is 48.8 Å². The van der Waals surface area contributed by atoms with Gasteiger partial charge in [0.15, 0.2) is 0 Å². The van der Waals surface area contributed by atoms with Gasteiger partial charge in [0.2, 0.25) is 0 Å². The smallest absolute Gasteiger partial charge is 0.0430 e. The van der Waals surface area contributed by atoms with E-state index in [1.807, 2.05) is 42.7 Å². The van der Waals surface area contributed by atoms with E-state index in [-0.39, 0.29) is 0 Å². The number of pyridine rings is 1. The number of hydrogen-bond donors (Lipinski definition) is 1. The minimum absolute atomic E-state index is 0.813. The number of hydrogen-bond acceptors (Lipinski definition) is 3. The summed E-state index contributed by atoms with van der Waals surface area (Å²) in [6.07, 6.45) is 3.63. The molecule has 0 spiro atoms. The third-order valence-electron chi connectivity index (χ3n) is 2.73. The molecule has 0 radical (unpaired) electrons. The Balaban J connectivity index is 2.16. The van der Waals surface area contributed by atoms with Crippen LogP contribution in [0.2, 0.25) is 0 Å². The van der Waals surface area contributed by atoms with Crippen LogP contribution in [0.5, 0.6) is 0 Å². The van der Waals surface area contributed by atoms with Crippen LogP contribution in [0.1, 0.15) is 12.5 Å². The molecule has 0 amide bonds. The number of nitrogens with zero attached hydrogens (tertiary/aromatic N) is 2. The molecule has 0 fully saturated rings. The first-order valence-electron chi connectivity index (χ1n) is 5.79. The molecule has 2 N–H and O–H groups in total. The van der Waals surface area contributed by atoms with Gasteiger partial charge in [0.25, 0.3) is 0 Å². The summed E-state index contributed by atoms with van der Waals surface area (Å²) in [5, 5.41) is 0. The third kappa shape index (κ3) is 2.97. The van der Waals surface area contributed by atoms with Crippen LogP contribution in [0.3, 0.4) is 0 Å². The minimum atomic E-state index is 0.813. The Morgan fingerprint density at radius 2 is 1.94 bits per heavy atom. The van der Waals surface area contributed by atoms with E-state index < -0.39 is 0 Å². The maximum atomic E-state index is 5.79. The van der Waals surface area contributed by atoms with E-state index >= 15 is 0 Å². The number of nitrogens with two attached hydrogens (primary N) is 1. The second-order valence-corrected chi connectivity index (χ2v) is 3.96. The fourth-order valence-electron chi connectivity index (χ4n) is 1.85. The average molecular weight is 227 g/mol. The van der Waals surface area contributed by atoms with E-state index in [2.05, 4.69) is 22.9 Å². The Labute approximate surface area is 102 Å². The number of anilines is 2. The first-order valence-corrected chi connectivity index (χ1v) is 5.79. The van der Waals surface area contributed by atoms with E-state index in [0.717, 1.165) is 18.8 Å². The molecule has 0 saturated heterocycles. The van der Waals surface area contributed by atoms with Gasteiger partial charge >= 0.3 is 0 Å². The Bertz CT molecular complexity index is 468. The molecule has 1 aromatic carbocycles. The van der Waals surface area contributed by atoms with E-state index in [0.29, 0.717) is 0 Å². The summed E-state index contributed by atoms with van der Waals surface area (Å²) >= 11 is 0. The maximum Gasteiger partial charge on any atom is 0.0430 e. The van der Waals surface area contributed by atoms with Crippen LogP contribution in [0.25, 0.3) is 0 Å². The summed E-state index contributed by atoms with van der Waals surface area (Å²) in [5.74, 6) is 0. The van der Waals surface area contributed by atoms with Crippen LogP contribution >= 0.6 is 0 Å². The van der Waals surface area contributed by atoms with Gasteiger partial charge in [-0.1, -0.05) is 12.1 Å². The number of aromatic nitrogens is 1. The predicted octanol–water partition coefficient (Wildman–Crippen LogP) is 2.69. The normalized spacial score (nSPS) is 10.2. The van der Waals surface area contributed by atoms with Crippen LogP contribution in [-0.2, 0) is 6.54 Å². The summed E-state index contributed by atoms with van der Waals surface area (Å²) in [5.41, 5.74) is 9.01. The lowest BCUT2D eigenvalue weighted by atomic mass is 10.2. The van der Waals surface area contributed by atoms with Gasteiger partial charge in [-0.2, -0.15) is 0 Å². The highest BCUT2D eigenvalue weighted by atomic mass is 15.1. The van der Waals surface area contributed by atoms with Gasteiger partial charge in [-0.15, -0.1) is 0 Å². The summed E-state index contributed by atoms with van der Waals surface area (Å²) in [6.45, 7) is 3.97. The maximum absolute atomic E-state index is 5.79. The van der Waals surface area contributed by atoms with E-state index in [9.17, 15) is 0 Å².